The van der Waals surface area contributed by atoms with Gasteiger partial charge in [-0.3, -0.25) is 14.9 Å². The predicted octanol–water partition coefficient (Wildman–Crippen LogP) is 1.03. The van der Waals surface area contributed by atoms with E-state index in [0.29, 0.717) is 12.3 Å². The molecule has 0 spiro atoms. The third kappa shape index (κ3) is 6.87. The van der Waals surface area contributed by atoms with Crippen molar-refractivity contribution in [3.63, 3.8) is 0 Å². The van der Waals surface area contributed by atoms with Gasteiger partial charge in [0.15, 0.2) is 9.84 Å². The molecule has 0 saturated carbocycles. The van der Waals surface area contributed by atoms with Crippen molar-refractivity contribution in [3.05, 3.63) is 24.3 Å². The molecule has 0 fully saturated rings. The fourth-order valence-electron chi connectivity index (χ4n) is 1.36. The average Bonchev–Trinajstić information content (AvgIpc) is 2.37. The zero-order valence-electron chi connectivity index (χ0n) is 11.4. The third-order valence-corrected chi connectivity index (χ3v) is 4.41. The summed E-state index contributed by atoms with van der Waals surface area (Å²) in [7, 11) is -8.38. The van der Waals surface area contributed by atoms with Crippen molar-refractivity contribution >= 4 is 25.9 Å². The summed E-state index contributed by atoms with van der Waals surface area (Å²) in [6.07, 6.45) is 0.804. The second-order valence-corrected chi connectivity index (χ2v) is 7.25. The minimum Gasteiger partial charge on any atom is -0.276 e. The number of hydrogen-bond donors (Lipinski definition) is 2. The minimum atomic E-state index is -4.65. The first-order valence-corrected chi connectivity index (χ1v) is 9.09. The van der Waals surface area contributed by atoms with Gasteiger partial charge in [0.2, 0.25) is 0 Å². The molecule has 2 N–H and O–H groups in total. The number of rotatable bonds is 9. The first-order valence-electron chi connectivity index (χ1n) is 6.07. The van der Waals surface area contributed by atoms with Gasteiger partial charge >= 0.3 is 10.4 Å². The van der Waals surface area contributed by atoms with Crippen LogP contribution in [0.3, 0.4) is 0 Å². The molecule has 10 heteroatoms. The van der Waals surface area contributed by atoms with Crippen LogP contribution in [0.5, 0.6) is 0 Å². The zero-order chi connectivity index (χ0) is 15.9. The molecule has 0 aromatic heterocycles. The molecule has 0 aliphatic heterocycles. The SMILES string of the molecule is CCCONc1cccc(S(=O)(=O)CCOS(=O)(=O)O)c1. The maximum atomic E-state index is 12.0. The van der Waals surface area contributed by atoms with Gasteiger partial charge in [-0.25, -0.2) is 12.6 Å². The van der Waals surface area contributed by atoms with Crippen molar-refractivity contribution in [2.24, 2.45) is 0 Å². The summed E-state index contributed by atoms with van der Waals surface area (Å²) >= 11 is 0. The van der Waals surface area contributed by atoms with Gasteiger partial charge in [-0.15, -0.1) is 0 Å². The fourth-order valence-corrected chi connectivity index (χ4v) is 2.89. The van der Waals surface area contributed by atoms with Gasteiger partial charge in [-0.2, -0.15) is 8.42 Å². The maximum absolute atomic E-state index is 12.0. The highest BCUT2D eigenvalue weighted by atomic mass is 32.3. The first-order chi connectivity index (χ1) is 9.74. The van der Waals surface area contributed by atoms with E-state index in [1.807, 2.05) is 6.92 Å². The van der Waals surface area contributed by atoms with E-state index < -0.39 is 32.6 Å². The lowest BCUT2D eigenvalue weighted by Gasteiger charge is -2.08. The van der Waals surface area contributed by atoms with Gasteiger partial charge in [0.05, 0.1) is 29.5 Å². The minimum absolute atomic E-state index is 0.00784. The summed E-state index contributed by atoms with van der Waals surface area (Å²) in [5.41, 5.74) is 3.07. The van der Waals surface area contributed by atoms with E-state index in [4.69, 9.17) is 9.39 Å². The third-order valence-electron chi connectivity index (χ3n) is 2.27. The van der Waals surface area contributed by atoms with Crippen LogP contribution in [0.1, 0.15) is 13.3 Å². The highest BCUT2D eigenvalue weighted by Gasteiger charge is 2.16. The van der Waals surface area contributed by atoms with Crippen LogP contribution in [-0.2, 0) is 29.3 Å². The molecule has 120 valence electrons. The smallest absolute Gasteiger partial charge is 0.276 e. The van der Waals surface area contributed by atoms with E-state index in [2.05, 4.69) is 9.66 Å². The van der Waals surface area contributed by atoms with Gasteiger partial charge in [-0.05, 0) is 24.6 Å². The van der Waals surface area contributed by atoms with Crippen molar-refractivity contribution in [2.45, 2.75) is 18.2 Å². The van der Waals surface area contributed by atoms with E-state index in [1.165, 1.54) is 18.2 Å². The zero-order valence-corrected chi connectivity index (χ0v) is 13.0. The Labute approximate surface area is 123 Å². The Hall–Kier alpha value is -1.20. The normalized spacial score (nSPS) is 12.3. The Kier molecular flexibility index (Phi) is 6.55. The van der Waals surface area contributed by atoms with Gasteiger partial charge in [0.1, 0.15) is 0 Å². The van der Waals surface area contributed by atoms with Gasteiger partial charge in [-0.1, -0.05) is 13.0 Å². The van der Waals surface area contributed by atoms with Crippen molar-refractivity contribution in [2.75, 3.05) is 24.4 Å². The summed E-state index contributed by atoms with van der Waals surface area (Å²) in [6, 6.07) is 5.88. The summed E-state index contributed by atoms with van der Waals surface area (Å²) in [4.78, 5) is 5.07. The van der Waals surface area contributed by atoms with Gasteiger partial charge < -0.3 is 0 Å². The monoisotopic (exact) mass is 339 g/mol. The Morgan fingerprint density at radius 3 is 2.52 bits per heavy atom. The number of anilines is 1. The van der Waals surface area contributed by atoms with Crippen LogP contribution < -0.4 is 5.48 Å². The fraction of sp³-hybridized carbons (Fsp3) is 0.455. The summed E-state index contributed by atoms with van der Waals surface area (Å²) in [5, 5.41) is 0. The molecule has 1 rings (SSSR count). The van der Waals surface area contributed by atoms with Crippen molar-refractivity contribution in [1.29, 1.82) is 0 Å². The molecule has 0 aliphatic carbocycles. The molecular formula is C11H17NO7S2. The molecule has 1 aromatic rings. The topological polar surface area (TPSA) is 119 Å². The molecule has 8 nitrogen and oxygen atoms in total. The molecule has 21 heavy (non-hydrogen) atoms. The Morgan fingerprint density at radius 2 is 1.90 bits per heavy atom. The quantitative estimate of drug-likeness (QED) is 0.389. The molecule has 0 bridgehead atoms. The van der Waals surface area contributed by atoms with E-state index in [0.717, 1.165) is 6.42 Å². The molecule has 0 amide bonds. The van der Waals surface area contributed by atoms with Crippen LogP contribution in [0, 0.1) is 0 Å². The van der Waals surface area contributed by atoms with Crippen LogP contribution in [0.15, 0.2) is 29.2 Å². The maximum Gasteiger partial charge on any atom is 0.397 e. The second-order valence-electron chi connectivity index (χ2n) is 4.05. The van der Waals surface area contributed by atoms with Gasteiger partial charge in [0.25, 0.3) is 0 Å². The van der Waals surface area contributed by atoms with Crippen LogP contribution in [-0.4, -0.2) is 40.4 Å². The van der Waals surface area contributed by atoms with Crippen LogP contribution in [0.4, 0.5) is 5.69 Å². The summed E-state index contributed by atoms with van der Waals surface area (Å²) in [6.45, 7) is 1.74. The van der Waals surface area contributed by atoms with Crippen LogP contribution in [0.2, 0.25) is 0 Å². The Morgan fingerprint density at radius 1 is 1.19 bits per heavy atom. The Bertz CT molecular complexity index is 655. The summed E-state index contributed by atoms with van der Waals surface area (Å²) in [5.74, 6) is -0.577. The van der Waals surface area contributed by atoms with E-state index in [1.54, 1.807) is 6.07 Å². The van der Waals surface area contributed by atoms with Crippen LogP contribution >= 0.6 is 0 Å². The average molecular weight is 339 g/mol. The first kappa shape index (κ1) is 17.9. The lowest BCUT2D eigenvalue weighted by atomic mass is 10.3. The van der Waals surface area contributed by atoms with E-state index in [9.17, 15) is 16.8 Å². The predicted molar refractivity (Wildman–Crippen MR) is 75.9 cm³/mol. The largest absolute Gasteiger partial charge is 0.397 e. The van der Waals surface area contributed by atoms with Crippen molar-refractivity contribution < 1.29 is 30.4 Å². The lowest BCUT2D eigenvalue weighted by Crippen LogP contribution is -2.15. The van der Waals surface area contributed by atoms with E-state index in [-0.39, 0.29) is 4.90 Å². The lowest BCUT2D eigenvalue weighted by molar-refractivity contribution is 0.194. The molecular weight excluding hydrogens is 322 g/mol. The number of benzene rings is 1. The molecule has 0 unspecified atom stereocenters. The van der Waals surface area contributed by atoms with Gasteiger partial charge in [0, 0.05) is 0 Å². The molecule has 1 aromatic carbocycles. The molecule has 0 atom stereocenters. The number of sulfone groups is 1. The molecule has 0 heterocycles. The Balaban J connectivity index is 2.72. The highest BCUT2D eigenvalue weighted by Crippen LogP contribution is 2.17. The number of hydrogen-bond acceptors (Lipinski definition) is 7. The van der Waals surface area contributed by atoms with Crippen molar-refractivity contribution in [1.82, 2.24) is 0 Å². The van der Waals surface area contributed by atoms with Crippen molar-refractivity contribution in [3.8, 4) is 0 Å². The standard InChI is InChI=1S/C11H17NO7S2/c1-2-6-18-12-10-4-3-5-11(9-10)20(13,14)8-7-19-21(15,16)17/h3-5,9,12H,2,6-8H2,1H3,(H,15,16,17). The molecule has 0 saturated heterocycles. The number of nitrogens with one attached hydrogen (secondary N) is 1. The molecule has 0 aliphatic rings. The highest BCUT2D eigenvalue weighted by molar-refractivity contribution is 7.91. The van der Waals surface area contributed by atoms with Crippen LogP contribution in [0.25, 0.3) is 0 Å². The molecule has 0 radical (unpaired) electrons. The van der Waals surface area contributed by atoms with E-state index >= 15 is 0 Å². The summed E-state index contributed by atoms with van der Waals surface area (Å²) < 4.78 is 57.1. The second kappa shape index (κ2) is 7.71.